The topological polar surface area (TPSA) is 49.2 Å². The molecule has 2 heterocycles. The lowest BCUT2D eigenvalue weighted by Gasteiger charge is -2.37. The van der Waals surface area contributed by atoms with Gasteiger partial charge in [-0.1, -0.05) is 13.8 Å². The molecule has 0 amide bonds. The number of hydrogen-bond acceptors (Lipinski definition) is 4. The summed E-state index contributed by atoms with van der Waals surface area (Å²) >= 11 is 0. The van der Waals surface area contributed by atoms with Gasteiger partial charge < -0.3 is 10.0 Å². The highest BCUT2D eigenvalue weighted by Crippen LogP contribution is 2.24. The molecule has 1 atom stereocenters. The normalized spacial score (nSPS) is 24.7. The van der Waals surface area contributed by atoms with Crippen LogP contribution < -0.4 is 4.90 Å². The highest BCUT2D eigenvalue weighted by Gasteiger charge is 2.29. The number of hydrogen-bond donors (Lipinski definition) is 1. The van der Waals surface area contributed by atoms with E-state index in [-0.39, 0.29) is 0 Å². The number of anilines is 1. The fourth-order valence-electron chi connectivity index (χ4n) is 2.40. The number of piperidine rings is 1. The van der Waals surface area contributed by atoms with E-state index in [0.717, 1.165) is 36.7 Å². The quantitative estimate of drug-likeness (QED) is 0.873. The van der Waals surface area contributed by atoms with Crippen LogP contribution in [0.1, 0.15) is 50.9 Å². The highest BCUT2D eigenvalue weighted by molar-refractivity contribution is 5.34. The van der Waals surface area contributed by atoms with Gasteiger partial charge in [-0.2, -0.15) is 0 Å². The summed E-state index contributed by atoms with van der Waals surface area (Å²) in [7, 11) is 0. The van der Waals surface area contributed by atoms with Crippen LogP contribution in [-0.2, 0) is 0 Å². The van der Waals surface area contributed by atoms with Gasteiger partial charge in [0.2, 0.25) is 5.95 Å². The van der Waals surface area contributed by atoms with Crippen molar-refractivity contribution in [2.75, 3.05) is 18.0 Å². The van der Waals surface area contributed by atoms with E-state index in [1.165, 1.54) is 0 Å². The van der Waals surface area contributed by atoms with Crippen molar-refractivity contribution in [3.05, 3.63) is 17.5 Å². The third-order valence-electron chi connectivity index (χ3n) is 3.41. The molecule has 4 heteroatoms. The van der Waals surface area contributed by atoms with Crippen LogP contribution in [0.5, 0.6) is 0 Å². The number of aliphatic hydroxyl groups is 1. The van der Waals surface area contributed by atoms with Gasteiger partial charge in [-0.25, -0.2) is 9.97 Å². The Kier molecular flexibility index (Phi) is 3.57. The van der Waals surface area contributed by atoms with Crippen molar-refractivity contribution in [1.82, 2.24) is 9.97 Å². The Bertz CT molecular complexity index is 429. The molecular weight excluding hydrogens is 226 g/mol. The Balaban J connectivity index is 2.27. The predicted octanol–water partition coefficient (Wildman–Crippen LogP) is 2.26. The lowest BCUT2D eigenvalue weighted by molar-refractivity contribution is 0.0444. The van der Waals surface area contributed by atoms with Gasteiger partial charge in [0.25, 0.3) is 0 Å². The number of rotatable bonds is 2. The molecule has 0 aliphatic carbocycles. The van der Waals surface area contributed by atoms with Crippen LogP contribution in [0.15, 0.2) is 6.07 Å². The van der Waals surface area contributed by atoms with Gasteiger partial charge in [-0.15, -0.1) is 0 Å². The molecule has 1 aromatic rings. The van der Waals surface area contributed by atoms with E-state index in [2.05, 4.69) is 28.7 Å². The molecule has 1 unspecified atom stereocenters. The molecule has 2 rings (SSSR count). The molecule has 4 nitrogen and oxygen atoms in total. The summed E-state index contributed by atoms with van der Waals surface area (Å²) in [5, 5.41) is 10.2. The molecule has 0 aromatic carbocycles. The van der Waals surface area contributed by atoms with Gasteiger partial charge in [0.15, 0.2) is 0 Å². The third-order valence-corrected chi connectivity index (χ3v) is 3.41. The maximum Gasteiger partial charge on any atom is 0.225 e. The van der Waals surface area contributed by atoms with Crippen molar-refractivity contribution in [3.63, 3.8) is 0 Å². The Morgan fingerprint density at radius 3 is 2.72 bits per heavy atom. The van der Waals surface area contributed by atoms with E-state index in [1.807, 2.05) is 19.9 Å². The molecule has 1 aliphatic heterocycles. The summed E-state index contributed by atoms with van der Waals surface area (Å²) in [5.74, 6) is 1.16. The largest absolute Gasteiger partial charge is 0.388 e. The molecule has 0 spiro atoms. The van der Waals surface area contributed by atoms with Crippen molar-refractivity contribution in [2.45, 2.75) is 52.1 Å². The van der Waals surface area contributed by atoms with Crippen LogP contribution >= 0.6 is 0 Å². The summed E-state index contributed by atoms with van der Waals surface area (Å²) in [6.45, 7) is 9.71. The maximum atomic E-state index is 10.2. The lowest BCUT2D eigenvalue weighted by atomic mass is 9.95. The van der Waals surface area contributed by atoms with Crippen molar-refractivity contribution < 1.29 is 5.11 Å². The number of β-amino-alcohol motifs (C(OH)–C–C–N with tert-alkyl or cyclic N) is 1. The first-order valence-corrected chi connectivity index (χ1v) is 6.70. The summed E-state index contributed by atoms with van der Waals surface area (Å²) in [5.41, 5.74) is 1.44. The minimum atomic E-state index is -0.622. The summed E-state index contributed by atoms with van der Waals surface area (Å²) < 4.78 is 0. The van der Waals surface area contributed by atoms with Crippen molar-refractivity contribution in [3.8, 4) is 0 Å². The molecule has 0 saturated carbocycles. The lowest BCUT2D eigenvalue weighted by Crippen LogP contribution is -2.46. The molecule has 1 aliphatic rings. The molecule has 1 saturated heterocycles. The van der Waals surface area contributed by atoms with Crippen LogP contribution in [0.4, 0.5) is 5.95 Å². The maximum absolute atomic E-state index is 10.2. The number of aryl methyl sites for hydroxylation is 1. The molecule has 100 valence electrons. The molecule has 0 bridgehead atoms. The van der Waals surface area contributed by atoms with E-state index in [0.29, 0.717) is 12.5 Å². The second kappa shape index (κ2) is 4.84. The first-order valence-electron chi connectivity index (χ1n) is 6.70. The Morgan fingerprint density at radius 2 is 2.11 bits per heavy atom. The Hall–Kier alpha value is -1.16. The monoisotopic (exact) mass is 249 g/mol. The minimum Gasteiger partial charge on any atom is -0.388 e. The number of aromatic nitrogens is 2. The highest BCUT2D eigenvalue weighted by atomic mass is 16.3. The first-order chi connectivity index (χ1) is 8.37. The third kappa shape index (κ3) is 2.99. The van der Waals surface area contributed by atoms with Crippen molar-refractivity contribution >= 4 is 5.95 Å². The molecule has 0 radical (unpaired) electrons. The van der Waals surface area contributed by atoms with E-state index >= 15 is 0 Å². The van der Waals surface area contributed by atoms with Crippen LogP contribution in [0.2, 0.25) is 0 Å². The fourth-order valence-corrected chi connectivity index (χ4v) is 2.40. The van der Waals surface area contributed by atoms with Crippen molar-refractivity contribution in [1.29, 1.82) is 0 Å². The summed E-state index contributed by atoms with van der Waals surface area (Å²) in [4.78, 5) is 11.2. The zero-order valence-corrected chi connectivity index (χ0v) is 11.8. The second-order valence-corrected chi connectivity index (χ2v) is 5.91. The van der Waals surface area contributed by atoms with Gasteiger partial charge in [0.05, 0.1) is 5.60 Å². The van der Waals surface area contributed by atoms with Crippen LogP contribution in [0, 0.1) is 6.92 Å². The van der Waals surface area contributed by atoms with Crippen LogP contribution in [0.3, 0.4) is 0 Å². The Morgan fingerprint density at radius 1 is 1.39 bits per heavy atom. The van der Waals surface area contributed by atoms with Gasteiger partial charge in [0, 0.05) is 24.5 Å². The van der Waals surface area contributed by atoms with E-state index in [9.17, 15) is 5.11 Å². The van der Waals surface area contributed by atoms with Gasteiger partial charge in [-0.05, 0) is 38.7 Å². The fraction of sp³-hybridized carbons (Fsp3) is 0.714. The Labute approximate surface area is 109 Å². The molecule has 1 aromatic heterocycles. The van der Waals surface area contributed by atoms with Gasteiger partial charge in [-0.3, -0.25) is 0 Å². The van der Waals surface area contributed by atoms with E-state index in [1.54, 1.807) is 0 Å². The molecule has 18 heavy (non-hydrogen) atoms. The van der Waals surface area contributed by atoms with E-state index < -0.39 is 5.60 Å². The van der Waals surface area contributed by atoms with E-state index in [4.69, 9.17) is 0 Å². The van der Waals surface area contributed by atoms with Gasteiger partial charge in [0.1, 0.15) is 0 Å². The second-order valence-electron chi connectivity index (χ2n) is 5.91. The molecule has 1 fully saturated rings. The van der Waals surface area contributed by atoms with Gasteiger partial charge >= 0.3 is 0 Å². The zero-order valence-electron chi connectivity index (χ0n) is 11.8. The SMILES string of the molecule is Cc1cc(C(C)C)nc(N2CCCC(C)(O)C2)n1. The number of nitrogens with zero attached hydrogens (tertiary/aromatic N) is 3. The molecule has 1 N–H and O–H groups in total. The van der Waals surface area contributed by atoms with Crippen LogP contribution in [-0.4, -0.2) is 33.8 Å². The minimum absolute atomic E-state index is 0.399. The standard InChI is InChI=1S/C14H23N3O/c1-10(2)12-8-11(3)15-13(16-12)17-7-5-6-14(4,18)9-17/h8,10,18H,5-7,9H2,1-4H3. The van der Waals surface area contributed by atoms with Crippen molar-refractivity contribution in [2.24, 2.45) is 0 Å². The zero-order chi connectivity index (χ0) is 13.3. The summed E-state index contributed by atoms with van der Waals surface area (Å²) in [6, 6.07) is 2.04. The average Bonchev–Trinajstić information content (AvgIpc) is 2.26. The van der Waals surface area contributed by atoms with Crippen LogP contribution in [0.25, 0.3) is 0 Å². The average molecular weight is 249 g/mol. The first kappa shape index (κ1) is 13.3. The molecular formula is C14H23N3O. The summed E-state index contributed by atoms with van der Waals surface area (Å²) in [6.07, 6.45) is 1.84. The smallest absolute Gasteiger partial charge is 0.225 e. The predicted molar refractivity (Wildman–Crippen MR) is 72.9 cm³/mol.